The van der Waals surface area contributed by atoms with Crippen LogP contribution in [0.25, 0.3) is 0 Å². The number of hydrogen-bond acceptors (Lipinski definition) is 5. The van der Waals surface area contributed by atoms with E-state index in [1.807, 2.05) is 6.92 Å². The molecule has 0 saturated carbocycles. The highest BCUT2D eigenvalue weighted by Crippen LogP contribution is 2.16. The Balaban J connectivity index is 2.90. The third-order valence-electron chi connectivity index (χ3n) is 2.70. The van der Waals surface area contributed by atoms with E-state index in [0.717, 1.165) is 9.87 Å². The van der Waals surface area contributed by atoms with Crippen LogP contribution in [-0.4, -0.2) is 45.4 Å². The van der Waals surface area contributed by atoms with Gasteiger partial charge in [0.1, 0.15) is 0 Å². The third kappa shape index (κ3) is 5.71. The van der Waals surface area contributed by atoms with Crippen molar-refractivity contribution >= 4 is 20.4 Å². The Bertz CT molecular complexity index is 651. The zero-order valence-corrected chi connectivity index (χ0v) is 13.5. The highest BCUT2D eigenvalue weighted by Gasteiger charge is 2.24. The minimum atomic E-state index is -4.57. The Labute approximate surface area is 125 Å². The molecule has 0 aromatic heterocycles. The zero-order chi connectivity index (χ0) is 16.1. The molecule has 0 aliphatic carbocycles. The monoisotopic (exact) mass is 337 g/mol. The van der Waals surface area contributed by atoms with E-state index < -0.39 is 27.0 Å². The highest BCUT2D eigenvalue weighted by atomic mass is 32.3. The first-order valence-corrected chi connectivity index (χ1v) is 9.16. The molecule has 0 spiro atoms. The van der Waals surface area contributed by atoms with Gasteiger partial charge in [0.15, 0.2) is 0 Å². The van der Waals surface area contributed by atoms with Crippen molar-refractivity contribution in [3.8, 4) is 0 Å². The predicted octanol–water partition coefficient (Wildman–Crippen LogP) is 1.22. The summed E-state index contributed by atoms with van der Waals surface area (Å²) in [6, 6.07) is 6.37. The topological polar surface area (TPSA) is 101 Å². The Morgan fingerprint density at radius 3 is 2.14 bits per heavy atom. The molecule has 0 aliphatic heterocycles. The van der Waals surface area contributed by atoms with Crippen molar-refractivity contribution in [1.82, 2.24) is 4.31 Å². The van der Waals surface area contributed by atoms with Gasteiger partial charge in [-0.15, -0.1) is 0 Å². The summed E-state index contributed by atoms with van der Waals surface area (Å²) in [7, 11) is -8.29. The molecule has 9 heteroatoms. The number of sulfonamides is 1. The molecule has 0 amide bonds. The standard InChI is InChI=1S/C12H19NO6S2/c1-3-8-13(9-10-19-21(16,17)18)20(14,15)12-6-4-11(2)5-7-12/h4-7H,3,8-10H2,1-2H3,(H,16,17,18). The highest BCUT2D eigenvalue weighted by molar-refractivity contribution is 7.89. The smallest absolute Gasteiger partial charge is 0.264 e. The van der Waals surface area contributed by atoms with Gasteiger partial charge in [0.25, 0.3) is 0 Å². The average Bonchev–Trinajstić information content (AvgIpc) is 2.37. The Kier molecular flexibility index (Phi) is 6.29. The molecule has 7 nitrogen and oxygen atoms in total. The molecule has 1 N–H and O–H groups in total. The van der Waals surface area contributed by atoms with E-state index in [-0.39, 0.29) is 18.0 Å². The van der Waals surface area contributed by atoms with Crippen molar-refractivity contribution in [3.63, 3.8) is 0 Å². The van der Waals surface area contributed by atoms with E-state index in [0.29, 0.717) is 6.42 Å². The number of benzene rings is 1. The van der Waals surface area contributed by atoms with Crippen LogP contribution < -0.4 is 0 Å². The molecule has 0 bridgehead atoms. The van der Waals surface area contributed by atoms with E-state index in [2.05, 4.69) is 4.18 Å². The van der Waals surface area contributed by atoms with Gasteiger partial charge in [0.2, 0.25) is 10.0 Å². The van der Waals surface area contributed by atoms with Crippen LogP contribution in [0.1, 0.15) is 18.9 Å². The lowest BCUT2D eigenvalue weighted by Gasteiger charge is -2.21. The van der Waals surface area contributed by atoms with Crippen LogP contribution in [-0.2, 0) is 24.6 Å². The number of hydrogen-bond donors (Lipinski definition) is 1. The first kappa shape index (κ1) is 18.1. The van der Waals surface area contributed by atoms with E-state index in [9.17, 15) is 16.8 Å². The van der Waals surface area contributed by atoms with Crippen LogP contribution in [0, 0.1) is 6.92 Å². The van der Waals surface area contributed by atoms with Gasteiger partial charge < -0.3 is 0 Å². The average molecular weight is 337 g/mol. The van der Waals surface area contributed by atoms with Crippen LogP contribution in [0.5, 0.6) is 0 Å². The minimum absolute atomic E-state index is 0.133. The van der Waals surface area contributed by atoms with Crippen molar-refractivity contribution in [2.45, 2.75) is 25.2 Å². The third-order valence-corrected chi connectivity index (χ3v) is 5.08. The second-order valence-electron chi connectivity index (χ2n) is 4.47. The molecule has 21 heavy (non-hydrogen) atoms. The zero-order valence-electron chi connectivity index (χ0n) is 11.9. The SMILES string of the molecule is CCCN(CCOS(=O)(=O)O)S(=O)(=O)c1ccc(C)cc1. The van der Waals surface area contributed by atoms with Crippen molar-refractivity contribution in [1.29, 1.82) is 0 Å². The molecule has 0 saturated heterocycles. The molecule has 1 aromatic carbocycles. The molecular formula is C12H19NO6S2. The lowest BCUT2D eigenvalue weighted by atomic mass is 10.2. The molecule has 0 radical (unpaired) electrons. The Morgan fingerprint density at radius 1 is 1.10 bits per heavy atom. The predicted molar refractivity (Wildman–Crippen MR) is 77.7 cm³/mol. The first-order chi connectivity index (χ1) is 9.66. The van der Waals surface area contributed by atoms with Crippen LogP contribution in [0.2, 0.25) is 0 Å². The van der Waals surface area contributed by atoms with Crippen molar-refractivity contribution in [2.75, 3.05) is 19.7 Å². The lowest BCUT2D eigenvalue weighted by molar-refractivity contribution is 0.243. The maximum atomic E-state index is 12.4. The summed E-state index contributed by atoms with van der Waals surface area (Å²) < 4.78 is 59.7. The second-order valence-corrected chi connectivity index (χ2v) is 7.50. The van der Waals surface area contributed by atoms with Gasteiger partial charge in [-0.2, -0.15) is 12.7 Å². The fourth-order valence-electron chi connectivity index (χ4n) is 1.71. The maximum Gasteiger partial charge on any atom is 0.397 e. The van der Waals surface area contributed by atoms with Gasteiger partial charge in [-0.1, -0.05) is 24.6 Å². The van der Waals surface area contributed by atoms with E-state index in [1.165, 1.54) is 12.1 Å². The summed E-state index contributed by atoms with van der Waals surface area (Å²) in [5.74, 6) is 0. The van der Waals surface area contributed by atoms with Gasteiger partial charge >= 0.3 is 10.4 Å². The van der Waals surface area contributed by atoms with E-state index >= 15 is 0 Å². The summed E-state index contributed by atoms with van der Waals surface area (Å²) in [6.07, 6.45) is 0.566. The summed E-state index contributed by atoms with van der Waals surface area (Å²) in [6.45, 7) is 3.28. The van der Waals surface area contributed by atoms with Gasteiger partial charge in [0, 0.05) is 13.1 Å². The van der Waals surface area contributed by atoms with E-state index in [1.54, 1.807) is 19.1 Å². The van der Waals surface area contributed by atoms with Crippen LogP contribution in [0.4, 0.5) is 0 Å². The second kappa shape index (κ2) is 7.32. The minimum Gasteiger partial charge on any atom is -0.264 e. The largest absolute Gasteiger partial charge is 0.397 e. The molecule has 1 aromatic rings. The molecule has 0 aliphatic rings. The summed E-state index contributed by atoms with van der Waals surface area (Å²) >= 11 is 0. The number of rotatable bonds is 8. The summed E-state index contributed by atoms with van der Waals surface area (Å²) in [5.41, 5.74) is 0.936. The molecule has 0 heterocycles. The number of nitrogens with zero attached hydrogens (tertiary/aromatic N) is 1. The summed E-state index contributed by atoms with van der Waals surface area (Å²) in [4.78, 5) is 0.133. The van der Waals surface area contributed by atoms with Crippen LogP contribution in [0.15, 0.2) is 29.2 Å². The normalized spacial score (nSPS) is 12.8. The fraction of sp³-hybridized carbons (Fsp3) is 0.500. The molecule has 1 rings (SSSR count). The van der Waals surface area contributed by atoms with E-state index in [4.69, 9.17) is 4.55 Å². The van der Waals surface area contributed by atoms with Gasteiger partial charge in [-0.05, 0) is 25.5 Å². The molecular weight excluding hydrogens is 318 g/mol. The Morgan fingerprint density at radius 2 is 1.67 bits per heavy atom. The van der Waals surface area contributed by atoms with Crippen LogP contribution >= 0.6 is 0 Å². The molecule has 0 atom stereocenters. The van der Waals surface area contributed by atoms with Gasteiger partial charge in [0.05, 0.1) is 11.5 Å². The number of aryl methyl sites for hydroxylation is 1. The Hall–Kier alpha value is -1.00. The summed E-state index contributed by atoms with van der Waals surface area (Å²) in [5, 5.41) is 0. The molecule has 0 fully saturated rings. The first-order valence-electron chi connectivity index (χ1n) is 6.35. The van der Waals surface area contributed by atoms with Gasteiger partial charge in [-0.25, -0.2) is 12.6 Å². The van der Waals surface area contributed by atoms with Crippen LogP contribution in [0.3, 0.4) is 0 Å². The quantitative estimate of drug-likeness (QED) is 0.716. The molecule has 0 unspecified atom stereocenters. The molecule has 120 valence electrons. The van der Waals surface area contributed by atoms with Crippen molar-refractivity contribution in [3.05, 3.63) is 29.8 Å². The fourth-order valence-corrected chi connectivity index (χ4v) is 3.51. The maximum absolute atomic E-state index is 12.4. The van der Waals surface area contributed by atoms with Crippen molar-refractivity contribution in [2.24, 2.45) is 0 Å². The lowest BCUT2D eigenvalue weighted by Crippen LogP contribution is -2.35. The van der Waals surface area contributed by atoms with Gasteiger partial charge in [-0.3, -0.25) is 4.55 Å². The van der Waals surface area contributed by atoms with Crippen molar-refractivity contribution < 1.29 is 25.6 Å².